The molecule has 10 rings (SSSR count). The summed E-state index contributed by atoms with van der Waals surface area (Å²) in [6.45, 7) is 0. The molecule has 0 radical (unpaired) electrons. The van der Waals surface area contributed by atoms with Gasteiger partial charge in [-0.2, -0.15) is 0 Å². The van der Waals surface area contributed by atoms with Gasteiger partial charge in [0.25, 0.3) is 0 Å². The van der Waals surface area contributed by atoms with Crippen molar-refractivity contribution in [1.82, 2.24) is 9.55 Å². The van der Waals surface area contributed by atoms with Crippen molar-refractivity contribution < 1.29 is 4.42 Å². The minimum Gasteiger partial charge on any atom is -0.436 e. The second-order valence-electron chi connectivity index (χ2n) is 12.8. The van der Waals surface area contributed by atoms with Crippen molar-refractivity contribution in [3.63, 3.8) is 0 Å². The third-order valence-corrected chi connectivity index (χ3v) is 9.81. The normalized spacial score (nSPS) is 11.5. The molecule has 2 aromatic heterocycles. The summed E-state index contributed by atoms with van der Waals surface area (Å²) in [4.78, 5) is 7.25. The molecule has 2 heterocycles. The van der Waals surface area contributed by atoms with E-state index < -0.39 is 0 Å². The van der Waals surface area contributed by atoms with Gasteiger partial charge in [-0.05, 0) is 95.4 Å². The van der Waals surface area contributed by atoms with Crippen LogP contribution in [0.3, 0.4) is 0 Å². The van der Waals surface area contributed by atoms with Crippen LogP contribution < -0.4 is 4.90 Å². The Bertz CT molecular complexity index is 2800. The Kier molecular flexibility index (Phi) is 6.78. The van der Waals surface area contributed by atoms with Crippen molar-refractivity contribution in [3.8, 4) is 28.3 Å². The fourth-order valence-corrected chi connectivity index (χ4v) is 7.39. The highest BCUT2D eigenvalue weighted by atomic mass is 16.3. The monoisotopic (exact) mass is 653 g/mol. The Morgan fingerprint density at radius 3 is 1.76 bits per heavy atom. The highest BCUT2D eigenvalue weighted by Crippen LogP contribution is 2.39. The van der Waals surface area contributed by atoms with E-state index in [1.54, 1.807) is 0 Å². The largest absolute Gasteiger partial charge is 0.436 e. The van der Waals surface area contributed by atoms with Gasteiger partial charge in [-0.25, -0.2) is 4.98 Å². The van der Waals surface area contributed by atoms with Crippen LogP contribution in [0, 0.1) is 0 Å². The molecule has 0 amide bonds. The van der Waals surface area contributed by atoms with Crippen molar-refractivity contribution in [2.24, 2.45) is 0 Å². The summed E-state index contributed by atoms with van der Waals surface area (Å²) in [7, 11) is 0. The Labute approximate surface area is 295 Å². The summed E-state index contributed by atoms with van der Waals surface area (Å²) < 4.78 is 8.63. The molecule has 0 spiro atoms. The molecule has 0 saturated heterocycles. The van der Waals surface area contributed by atoms with Gasteiger partial charge in [0.05, 0.1) is 11.0 Å². The maximum atomic E-state index is 6.28. The molecule has 0 saturated carbocycles. The molecule has 0 atom stereocenters. The first-order valence-electron chi connectivity index (χ1n) is 17.2. The van der Waals surface area contributed by atoms with Gasteiger partial charge in [-0.15, -0.1) is 0 Å². The van der Waals surface area contributed by atoms with E-state index in [0.717, 1.165) is 55.7 Å². The van der Waals surface area contributed by atoms with E-state index in [0.29, 0.717) is 5.89 Å². The van der Waals surface area contributed by atoms with Crippen molar-refractivity contribution in [1.29, 1.82) is 0 Å². The summed E-state index contributed by atoms with van der Waals surface area (Å²) in [5.74, 6) is 0.612. The van der Waals surface area contributed by atoms with Crippen LogP contribution in [0.4, 0.5) is 17.1 Å². The Morgan fingerprint density at radius 2 is 1.04 bits per heavy atom. The van der Waals surface area contributed by atoms with Crippen molar-refractivity contribution in [2.75, 3.05) is 4.90 Å². The number of benzene rings is 8. The van der Waals surface area contributed by atoms with Gasteiger partial charge in [-0.1, -0.05) is 109 Å². The molecule has 0 fully saturated rings. The standard InChI is InChI=1S/C47H31N3O/c1-2-11-32(12-3-1)35-14-10-15-39(31-35)49(36-24-21-34(22-25-36)47-48-46-40-16-5-4-13-33(40)23-30-45(46)51-47)37-26-28-38(29-27-37)50-43-19-8-6-17-41(43)42-18-7-9-20-44(42)50/h1-31H. The second kappa shape index (κ2) is 11.9. The number of hydrogen-bond acceptors (Lipinski definition) is 3. The zero-order valence-corrected chi connectivity index (χ0v) is 27.6. The fourth-order valence-electron chi connectivity index (χ4n) is 7.39. The molecule has 4 heteroatoms. The topological polar surface area (TPSA) is 34.2 Å². The Morgan fingerprint density at radius 1 is 0.431 bits per heavy atom. The molecule has 8 aromatic carbocycles. The van der Waals surface area contributed by atoms with E-state index in [9.17, 15) is 0 Å². The van der Waals surface area contributed by atoms with Crippen LogP contribution >= 0.6 is 0 Å². The molecular formula is C47H31N3O. The number of oxazole rings is 1. The van der Waals surface area contributed by atoms with E-state index in [1.165, 1.54) is 27.4 Å². The van der Waals surface area contributed by atoms with E-state index in [4.69, 9.17) is 9.40 Å². The molecule has 0 aliphatic heterocycles. The molecule has 0 N–H and O–H groups in total. The lowest BCUT2D eigenvalue weighted by molar-refractivity contribution is 0.620. The van der Waals surface area contributed by atoms with E-state index in [-0.39, 0.29) is 0 Å². The van der Waals surface area contributed by atoms with E-state index >= 15 is 0 Å². The Balaban J connectivity index is 1.08. The van der Waals surface area contributed by atoms with Gasteiger partial charge < -0.3 is 13.9 Å². The highest BCUT2D eigenvalue weighted by molar-refractivity contribution is 6.09. The number of hydrogen-bond donors (Lipinski definition) is 0. The lowest BCUT2D eigenvalue weighted by Crippen LogP contribution is -2.10. The molecule has 10 aromatic rings. The SMILES string of the molecule is c1ccc(-c2cccc(N(c3ccc(-c4nc5c(ccc6ccccc65)o4)cc3)c3ccc(-n4c5ccccc5c5ccccc54)cc3)c2)cc1. The van der Waals surface area contributed by atoms with Crippen molar-refractivity contribution in [3.05, 3.63) is 188 Å². The zero-order chi connectivity index (χ0) is 33.7. The predicted molar refractivity (Wildman–Crippen MR) is 211 cm³/mol. The predicted octanol–water partition coefficient (Wildman–Crippen LogP) is 12.9. The van der Waals surface area contributed by atoms with Gasteiger partial charge in [0, 0.05) is 44.5 Å². The van der Waals surface area contributed by atoms with Crippen LogP contribution in [-0.2, 0) is 0 Å². The molecule has 0 unspecified atom stereocenters. The molecular weight excluding hydrogens is 623 g/mol. The first-order valence-corrected chi connectivity index (χ1v) is 17.2. The van der Waals surface area contributed by atoms with Gasteiger partial charge in [0.2, 0.25) is 5.89 Å². The molecule has 0 aliphatic rings. The average Bonchev–Trinajstić information content (AvgIpc) is 3.79. The fraction of sp³-hybridized carbons (Fsp3) is 0. The molecule has 0 bridgehead atoms. The molecule has 0 aliphatic carbocycles. The summed E-state index contributed by atoms with van der Waals surface area (Å²) >= 11 is 0. The first kappa shape index (κ1) is 29.0. The third kappa shape index (κ3) is 4.96. The highest BCUT2D eigenvalue weighted by Gasteiger charge is 2.17. The zero-order valence-electron chi connectivity index (χ0n) is 27.6. The first-order chi connectivity index (χ1) is 25.3. The molecule has 4 nitrogen and oxygen atoms in total. The van der Waals surface area contributed by atoms with Crippen molar-refractivity contribution >= 4 is 60.7 Å². The lowest BCUT2D eigenvalue weighted by atomic mass is 10.0. The minimum absolute atomic E-state index is 0.612. The van der Waals surface area contributed by atoms with Crippen molar-refractivity contribution in [2.45, 2.75) is 0 Å². The Hall–Kier alpha value is -6.91. The summed E-state index contributed by atoms with van der Waals surface area (Å²) in [5, 5.41) is 4.75. The van der Waals surface area contributed by atoms with Crippen LogP contribution in [0.5, 0.6) is 0 Å². The maximum Gasteiger partial charge on any atom is 0.227 e. The average molecular weight is 654 g/mol. The van der Waals surface area contributed by atoms with Crippen LogP contribution in [0.15, 0.2) is 192 Å². The number of fused-ring (bicyclic) bond motifs is 6. The third-order valence-electron chi connectivity index (χ3n) is 9.81. The maximum absolute atomic E-state index is 6.28. The van der Waals surface area contributed by atoms with Gasteiger partial charge in [0.1, 0.15) is 5.52 Å². The number of para-hydroxylation sites is 2. The summed E-state index contributed by atoms with van der Waals surface area (Å²) in [6, 6.07) is 66.3. The van der Waals surface area contributed by atoms with Gasteiger partial charge in [-0.3, -0.25) is 0 Å². The lowest BCUT2D eigenvalue weighted by Gasteiger charge is -2.26. The summed E-state index contributed by atoms with van der Waals surface area (Å²) in [5.41, 5.74) is 11.6. The van der Waals surface area contributed by atoms with Crippen LogP contribution in [0.2, 0.25) is 0 Å². The van der Waals surface area contributed by atoms with E-state index in [2.05, 4.69) is 179 Å². The minimum atomic E-state index is 0.612. The van der Waals surface area contributed by atoms with E-state index in [1.807, 2.05) is 18.2 Å². The number of rotatable bonds is 6. The molecule has 240 valence electrons. The number of aromatic nitrogens is 2. The number of anilines is 3. The summed E-state index contributed by atoms with van der Waals surface area (Å²) in [6.07, 6.45) is 0. The van der Waals surface area contributed by atoms with Crippen LogP contribution in [-0.4, -0.2) is 9.55 Å². The van der Waals surface area contributed by atoms with Crippen LogP contribution in [0.25, 0.3) is 71.9 Å². The quantitative estimate of drug-likeness (QED) is 0.179. The number of nitrogens with zero attached hydrogens (tertiary/aromatic N) is 3. The van der Waals surface area contributed by atoms with Crippen LogP contribution in [0.1, 0.15) is 0 Å². The van der Waals surface area contributed by atoms with Gasteiger partial charge >= 0.3 is 0 Å². The second-order valence-corrected chi connectivity index (χ2v) is 12.8. The smallest absolute Gasteiger partial charge is 0.227 e. The molecule has 51 heavy (non-hydrogen) atoms. The van der Waals surface area contributed by atoms with Gasteiger partial charge in [0.15, 0.2) is 5.58 Å².